The van der Waals surface area contributed by atoms with E-state index in [1.807, 2.05) is 0 Å². The Kier molecular flexibility index (Phi) is 2.91. The molecule has 0 amide bonds. The van der Waals surface area contributed by atoms with E-state index in [1.165, 1.54) is 30.9 Å². The molecule has 1 saturated heterocycles. The Balaban J connectivity index is 1.87. The molecular weight excluding hydrogens is 236 g/mol. The van der Waals surface area contributed by atoms with E-state index in [9.17, 15) is 0 Å². The molecule has 0 aliphatic carbocycles. The van der Waals surface area contributed by atoms with Crippen LogP contribution in [0.15, 0.2) is 28.9 Å². The summed E-state index contributed by atoms with van der Waals surface area (Å²) in [4.78, 5) is 15.1. The molecule has 17 heavy (non-hydrogen) atoms. The fourth-order valence-corrected chi connectivity index (χ4v) is 2.64. The molecule has 6 nitrogen and oxygen atoms in total. The highest BCUT2D eigenvalue weighted by Gasteiger charge is 2.18. The van der Waals surface area contributed by atoms with Gasteiger partial charge in [0.05, 0.1) is 0 Å². The van der Waals surface area contributed by atoms with Crippen molar-refractivity contribution in [1.29, 1.82) is 0 Å². The summed E-state index contributed by atoms with van der Waals surface area (Å²) >= 11 is 1.46. The van der Waals surface area contributed by atoms with E-state index in [-0.39, 0.29) is 0 Å². The van der Waals surface area contributed by atoms with Crippen molar-refractivity contribution < 1.29 is 0 Å². The second-order valence-corrected chi connectivity index (χ2v) is 4.75. The van der Waals surface area contributed by atoms with E-state index < -0.39 is 0 Å². The van der Waals surface area contributed by atoms with Gasteiger partial charge < -0.3 is 4.90 Å². The molecule has 0 saturated carbocycles. The number of hydrogen-bond donors (Lipinski definition) is 1. The molecule has 0 spiro atoms. The summed E-state index contributed by atoms with van der Waals surface area (Å²) in [6.45, 7) is 2.12. The third kappa shape index (κ3) is 2.23. The van der Waals surface area contributed by atoms with Crippen LogP contribution in [0, 0.1) is 0 Å². The lowest BCUT2D eigenvalue weighted by atomic mass is 10.4. The number of anilines is 1. The smallest absolute Gasteiger partial charge is 0.189 e. The lowest BCUT2D eigenvalue weighted by Crippen LogP contribution is -2.20. The molecule has 1 N–H and O–H groups in total. The highest BCUT2D eigenvalue weighted by molar-refractivity contribution is 7.99. The first-order valence-corrected chi connectivity index (χ1v) is 6.34. The maximum atomic E-state index is 4.42. The molecule has 1 aliphatic heterocycles. The van der Waals surface area contributed by atoms with E-state index in [0.717, 1.165) is 29.1 Å². The van der Waals surface area contributed by atoms with Crippen molar-refractivity contribution in [1.82, 2.24) is 25.1 Å². The summed E-state index contributed by atoms with van der Waals surface area (Å²) < 4.78 is 0. The van der Waals surface area contributed by atoms with Crippen LogP contribution in [0.2, 0.25) is 0 Å². The van der Waals surface area contributed by atoms with Gasteiger partial charge in [-0.15, -0.1) is 0 Å². The minimum absolute atomic E-state index is 0.742. The van der Waals surface area contributed by atoms with E-state index in [4.69, 9.17) is 0 Å². The fraction of sp³-hybridized carbons (Fsp3) is 0.400. The highest BCUT2D eigenvalue weighted by Crippen LogP contribution is 2.31. The van der Waals surface area contributed by atoms with E-state index >= 15 is 0 Å². The van der Waals surface area contributed by atoms with Crippen LogP contribution >= 0.6 is 11.8 Å². The van der Waals surface area contributed by atoms with Crippen molar-refractivity contribution in [2.45, 2.75) is 23.0 Å². The van der Waals surface area contributed by atoms with Crippen LogP contribution in [0.25, 0.3) is 0 Å². The third-order valence-corrected chi connectivity index (χ3v) is 3.51. The van der Waals surface area contributed by atoms with Crippen LogP contribution in [-0.2, 0) is 0 Å². The zero-order valence-corrected chi connectivity index (χ0v) is 10.0. The monoisotopic (exact) mass is 248 g/mol. The van der Waals surface area contributed by atoms with Gasteiger partial charge >= 0.3 is 0 Å². The molecule has 2 aromatic rings. The van der Waals surface area contributed by atoms with Crippen molar-refractivity contribution in [3.63, 3.8) is 0 Å². The Morgan fingerprint density at radius 3 is 2.71 bits per heavy atom. The zero-order chi connectivity index (χ0) is 11.5. The van der Waals surface area contributed by atoms with Gasteiger partial charge in [0.1, 0.15) is 11.4 Å². The van der Waals surface area contributed by atoms with Crippen molar-refractivity contribution in [3.8, 4) is 0 Å². The Labute approximate surface area is 103 Å². The Bertz CT molecular complexity index is 479. The Morgan fingerprint density at radius 1 is 1.12 bits per heavy atom. The number of H-pyrrole nitrogens is 1. The molecule has 3 heterocycles. The topological polar surface area (TPSA) is 70.6 Å². The van der Waals surface area contributed by atoms with Crippen molar-refractivity contribution in [2.24, 2.45) is 0 Å². The first kappa shape index (κ1) is 10.5. The Hall–Kier alpha value is -1.63. The predicted octanol–water partition coefficient (Wildman–Crippen LogP) is 1.35. The first-order chi connectivity index (χ1) is 8.43. The van der Waals surface area contributed by atoms with Crippen LogP contribution in [0.5, 0.6) is 0 Å². The van der Waals surface area contributed by atoms with Crippen LogP contribution in [0.3, 0.4) is 0 Å². The minimum Gasteiger partial charge on any atom is -0.354 e. The average Bonchev–Trinajstić information content (AvgIpc) is 3.01. The summed E-state index contributed by atoms with van der Waals surface area (Å²) in [5, 5.41) is 8.27. The number of nitrogens with zero attached hydrogens (tertiary/aromatic N) is 5. The molecule has 1 fully saturated rings. The largest absolute Gasteiger partial charge is 0.354 e. The minimum atomic E-state index is 0.742. The van der Waals surface area contributed by atoms with Gasteiger partial charge in [0.2, 0.25) is 0 Å². The number of aromatic nitrogens is 5. The van der Waals surface area contributed by atoms with Gasteiger partial charge in [-0.05, 0) is 24.6 Å². The predicted molar refractivity (Wildman–Crippen MR) is 64.0 cm³/mol. The zero-order valence-electron chi connectivity index (χ0n) is 9.20. The van der Waals surface area contributed by atoms with Crippen molar-refractivity contribution in [2.75, 3.05) is 18.0 Å². The maximum Gasteiger partial charge on any atom is 0.189 e. The normalized spacial score (nSPS) is 15.4. The van der Waals surface area contributed by atoms with Crippen LogP contribution in [0.1, 0.15) is 12.8 Å². The molecule has 3 rings (SSSR count). The van der Waals surface area contributed by atoms with Crippen molar-refractivity contribution >= 4 is 17.6 Å². The van der Waals surface area contributed by atoms with E-state index in [2.05, 4.69) is 30.0 Å². The lowest BCUT2D eigenvalue weighted by Gasteiger charge is -2.17. The van der Waals surface area contributed by atoms with Gasteiger partial charge in [0.25, 0.3) is 0 Å². The number of hydrogen-bond acceptors (Lipinski definition) is 6. The lowest BCUT2D eigenvalue weighted by molar-refractivity contribution is 0.882. The molecule has 7 heteroatoms. The van der Waals surface area contributed by atoms with Gasteiger partial charge in [-0.2, -0.15) is 5.10 Å². The van der Waals surface area contributed by atoms with Crippen molar-refractivity contribution in [3.05, 3.63) is 18.7 Å². The van der Waals surface area contributed by atoms with Gasteiger partial charge in [-0.25, -0.2) is 15.0 Å². The summed E-state index contributed by atoms with van der Waals surface area (Å²) in [7, 11) is 0. The summed E-state index contributed by atoms with van der Waals surface area (Å²) in [5.74, 6) is 0.950. The number of aromatic amines is 1. The quantitative estimate of drug-likeness (QED) is 0.884. The molecule has 0 bridgehead atoms. The SMILES string of the molecule is c1n[nH]c(Sc2nccnc2N2CCCC2)n1. The molecule has 0 atom stereocenters. The summed E-state index contributed by atoms with van der Waals surface area (Å²) in [5.41, 5.74) is 0. The standard InChI is InChI=1S/C10H12N6S/c1-2-6-16(5-1)8-9(12-4-3-11-8)17-10-13-7-14-15-10/h3-4,7H,1-2,5-6H2,(H,13,14,15). The van der Waals surface area contributed by atoms with Gasteiger partial charge in [0.15, 0.2) is 11.0 Å². The molecule has 0 radical (unpaired) electrons. The second kappa shape index (κ2) is 4.70. The molecule has 0 unspecified atom stereocenters. The van der Waals surface area contributed by atoms with Gasteiger partial charge in [-0.3, -0.25) is 5.10 Å². The summed E-state index contributed by atoms with van der Waals surface area (Å²) in [6.07, 6.45) is 7.39. The number of nitrogens with one attached hydrogen (secondary N) is 1. The Morgan fingerprint density at radius 2 is 1.94 bits per heavy atom. The number of rotatable bonds is 3. The molecule has 2 aromatic heterocycles. The second-order valence-electron chi connectivity index (χ2n) is 3.77. The molecular formula is C10H12N6S. The summed E-state index contributed by atoms with van der Waals surface area (Å²) in [6, 6.07) is 0. The fourth-order valence-electron chi connectivity index (χ4n) is 1.87. The van der Waals surface area contributed by atoms with Crippen LogP contribution in [-0.4, -0.2) is 38.2 Å². The maximum absolute atomic E-state index is 4.42. The van der Waals surface area contributed by atoms with E-state index in [1.54, 1.807) is 12.4 Å². The van der Waals surface area contributed by atoms with Crippen LogP contribution < -0.4 is 4.90 Å². The first-order valence-electron chi connectivity index (χ1n) is 5.52. The van der Waals surface area contributed by atoms with Gasteiger partial charge in [0, 0.05) is 25.5 Å². The van der Waals surface area contributed by atoms with E-state index in [0.29, 0.717) is 0 Å². The molecule has 88 valence electrons. The third-order valence-electron chi connectivity index (χ3n) is 2.64. The molecule has 1 aliphatic rings. The highest BCUT2D eigenvalue weighted by atomic mass is 32.2. The van der Waals surface area contributed by atoms with Gasteiger partial charge in [-0.1, -0.05) is 0 Å². The average molecular weight is 248 g/mol. The van der Waals surface area contributed by atoms with Crippen LogP contribution in [0.4, 0.5) is 5.82 Å². The molecule has 0 aromatic carbocycles.